The molecule has 0 saturated heterocycles. The van der Waals surface area contributed by atoms with E-state index in [0.29, 0.717) is 23.7 Å². The van der Waals surface area contributed by atoms with E-state index in [1.54, 1.807) is 12.3 Å². The number of amides is 1. The largest absolute Gasteiger partial charge is 0.396 e. The van der Waals surface area contributed by atoms with Crippen LogP contribution in [0.3, 0.4) is 0 Å². The zero-order valence-electron chi connectivity index (χ0n) is 9.37. The topological polar surface area (TPSA) is 54.3 Å². The summed E-state index contributed by atoms with van der Waals surface area (Å²) in [6, 6.07) is 1.66. The zero-order chi connectivity index (χ0) is 12.0. The molecule has 2 N–H and O–H groups in total. The minimum absolute atomic E-state index is 0.0804. The molecule has 4 nitrogen and oxygen atoms in total. The molecule has 0 saturated carbocycles. The van der Waals surface area contributed by atoms with E-state index in [0.717, 1.165) is 13.0 Å². The molecule has 1 aromatic heterocycles. The second-order valence-electron chi connectivity index (χ2n) is 3.57. The molecule has 0 unspecified atom stereocenters. The molecule has 0 aliphatic heterocycles. The summed E-state index contributed by atoms with van der Waals surface area (Å²) in [5.74, 6) is -0.145. The van der Waals surface area contributed by atoms with Gasteiger partial charge in [-0.1, -0.05) is 18.5 Å². The number of aliphatic hydroxyl groups excluding tert-OH is 1. The average Bonchev–Trinajstić information content (AvgIpc) is 2.60. The van der Waals surface area contributed by atoms with E-state index < -0.39 is 0 Å². The number of carbonyl (C=O) groups is 1. The maximum absolute atomic E-state index is 11.8. The molecule has 0 aliphatic rings. The first-order valence-corrected chi connectivity index (χ1v) is 5.81. The van der Waals surface area contributed by atoms with E-state index in [1.165, 1.54) is 0 Å². The number of aliphatic hydroxyl groups is 1. The van der Waals surface area contributed by atoms with Gasteiger partial charge in [-0.05, 0) is 18.9 Å². The van der Waals surface area contributed by atoms with Crippen LogP contribution in [0.2, 0.25) is 5.02 Å². The number of hydrogen-bond acceptors (Lipinski definition) is 2. The Labute approximate surface area is 100 Å². The SMILES string of the molecule is CCCn1cc(Cl)cc1C(=O)NCCCO. The van der Waals surface area contributed by atoms with Crippen LogP contribution >= 0.6 is 11.6 Å². The summed E-state index contributed by atoms with van der Waals surface area (Å²) in [6.45, 7) is 3.37. The lowest BCUT2D eigenvalue weighted by molar-refractivity contribution is 0.0942. The Balaban J connectivity index is 2.66. The van der Waals surface area contributed by atoms with Crippen molar-refractivity contribution in [1.29, 1.82) is 0 Å². The molecule has 0 bridgehead atoms. The van der Waals surface area contributed by atoms with E-state index in [9.17, 15) is 4.79 Å². The predicted molar refractivity (Wildman–Crippen MR) is 63.8 cm³/mol. The number of carbonyl (C=O) groups excluding carboxylic acids is 1. The summed E-state index contributed by atoms with van der Waals surface area (Å²) in [6.07, 6.45) is 3.27. The highest BCUT2D eigenvalue weighted by Crippen LogP contribution is 2.14. The van der Waals surface area contributed by atoms with Crippen molar-refractivity contribution in [3.63, 3.8) is 0 Å². The van der Waals surface area contributed by atoms with Crippen molar-refractivity contribution in [2.75, 3.05) is 13.2 Å². The molecule has 1 amide bonds. The van der Waals surface area contributed by atoms with Gasteiger partial charge in [0.2, 0.25) is 0 Å². The summed E-state index contributed by atoms with van der Waals surface area (Å²) < 4.78 is 1.84. The molecule has 1 heterocycles. The highest BCUT2D eigenvalue weighted by atomic mass is 35.5. The van der Waals surface area contributed by atoms with Crippen LogP contribution < -0.4 is 5.32 Å². The molecule has 1 aromatic rings. The van der Waals surface area contributed by atoms with Crippen LogP contribution in [-0.2, 0) is 6.54 Å². The van der Waals surface area contributed by atoms with Crippen molar-refractivity contribution >= 4 is 17.5 Å². The molecule has 0 radical (unpaired) electrons. The van der Waals surface area contributed by atoms with Crippen LogP contribution in [0.25, 0.3) is 0 Å². The van der Waals surface area contributed by atoms with Crippen LogP contribution in [0, 0.1) is 0 Å². The predicted octanol–water partition coefficient (Wildman–Crippen LogP) is 1.66. The molecule has 0 spiro atoms. The van der Waals surface area contributed by atoms with Gasteiger partial charge in [-0.2, -0.15) is 0 Å². The van der Waals surface area contributed by atoms with Gasteiger partial charge in [0.15, 0.2) is 0 Å². The molecule has 0 aliphatic carbocycles. The third-order valence-electron chi connectivity index (χ3n) is 2.18. The molecular weight excluding hydrogens is 228 g/mol. The lowest BCUT2D eigenvalue weighted by Crippen LogP contribution is -2.27. The van der Waals surface area contributed by atoms with Crippen molar-refractivity contribution in [1.82, 2.24) is 9.88 Å². The van der Waals surface area contributed by atoms with Gasteiger partial charge in [0.05, 0.1) is 5.02 Å². The van der Waals surface area contributed by atoms with E-state index in [1.807, 2.05) is 11.5 Å². The van der Waals surface area contributed by atoms with Crippen molar-refractivity contribution in [2.45, 2.75) is 26.3 Å². The van der Waals surface area contributed by atoms with Crippen molar-refractivity contribution in [3.05, 3.63) is 23.0 Å². The molecule has 90 valence electrons. The van der Waals surface area contributed by atoms with Gasteiger partial charge in [-0.15, -0.1) is 0 Å². The van der Waals surface area contributed by atoms with Gasteiger partial charge in [0.25, 0.3) is 5.91 Å². The number of nitrogens with one attached hydrogen (secondary N) is 1. The van der Waals surface area contributed by atoms with E-state index in [-0.39, 0.29) is 12.5 Å². The Kier molecular flexibility index (Phi) is 5.35. The van der Waals surface area contributed by atoms with Crippen molar-refractivity contribution in [3.8, 4) is 0 Å². The van der Waals surface area contributed by atoms with E-state index in [2.05, 4.69) is 5.32 Å². The highest BCUT2D eigenvalue weighted by molar-refractivity contribution is 6.31. The monoisotopic (exact) mass is 244 g/mol. The molecule has 1 rings (SSSR count). The van der Waals surface area contributed by atoms with Crippen LogP contribution in [0.1, 0.15) is 30.3 Å². The van der Waals surface area contributed by atoms with E-state index >= 15 is 0 Å². The van der Waals surface area contributed by atoms with Gasteiger partial charge in [-0.25, -0.2) is 0 Å². The van der Waals surface area contributed by atoms with E-state index in [4.69, 9.17) is 16.7 Å². The van der Waals surface area contributed by atoms with Gasteiger partial charge >= 0.3 is 0 Å². The number of aryl methyl sites for hydroxylation is 1. The summed E-state index contributed by atoms with van der Waals surface area (Å²) in [7, 11) is 0. The number of hydrogen-bond donors (Lipinski definition) is 2. The second kappa shape index (κ2) is 6.55. The van der Waals surface area contributed by atoms with Crippen LogP contribution in [-0.4, -0.2) is 28.7 Å². The first kappa shape index (κ1) is 13.1. The second-order valence-corrected chi connectivity index (χ2v) is 4.01. The summed E-state index contributed by atoms with van der Waals surface area (Å²) in [5, 5.41) is 11.9. The number of aromatic nitrogens is 1. The Morgan fingerprint density at radius 3 is 3.00 bits per heavy atom. The Hall–Kier alpha value is -1.00. The molecule has 16 heavy (non-hydrogen) atoms. The molecule has 0 atom stereocenters. The summed E-state index contributed by atoms with van der Waals surface area (Å²) >= 11 is 5.87. The lowest BCUT2D eigenvalue weighted by atomic mass is 10.3. The smallest absolute Gasteiger partial charge is 0.267 e. The lowest BCUT2D eigenvalue weighted by Gasteiger charge is -2.07. The maximum atomic E-state index is 11.8. The number of halogens is 1. The first-order chi connectivity index (χ1) is 7.69. The standard InChI is InChI=1S/C11H17ClN2O2/c1-2-5-14-8-9(12)7-10(14)11(16)13-4-3-6-15/h7-8,15H,2-6H2,1H3,(H,13,16). The third kappa shape index (κ3) is 3.54. The first-order valence-electron chi connectivity index (χ1n) is 5.43. The number of rotatable bonds is 6. The summed E-state index contributed by atoms with van der Waals surface area (Å²) in [4.78, 5) is 11.8. The Bertz CT molecular complexity index is 350. The molecule has 5 heteroatoms. The molecule has 0 fully saturated rings. The van der Waals surface area contributed by atoms with Gasteiger partial charge < -0.3 is 15.0 Å². The fraction of sp³-hybridized carbons (Fsp3) is 0.545. The quantitative estimate of drug-likeness (QED) is 0.748. The number of nitrogens with zero attached hydrogens (tertiary/aromatic N) is 1. The highest BCUT2D eigenvalue weighted by Gasteiger charge is 2.11. The fourth-order valence-electron chi connectivity index (χ4n) is 1.46. The Morgan fingerprint density at radius 2 is 2.38 bits per heavy atom. The van der Waals surface area contributed by atoms with Gasteiger partial charge in [0, 0.05) is 25.9 Å². The van der Waals surface area contributed by atoms with Gasteiger partial charge in [0.1, 0.15) is 5.69 Å². The molecule has 0 aromatic carbocycles. The van der Waals surface area contributed by atoms with Crippen LogP contribution in [0.5, 0.6) is 0 Å². The van der Waals surface area contributed by atoms with Gasteiger partial charge in [-0.3, -0.25) is 4.79 Å². The fourth-order valence-corrected chi connectivity index (χ4v) is 1.68. The van der Waals surface area contributed by atoms with Crippen molar-refractivity contribution < 1.29 is 9.90 Å². The third-order valence-corrected chi connectivity index (χ3v) is 2.39. The minimum atomic E-state index is -0.145. The zero-order valence-corrected chi connectivity index (χ0v) is 10.1. The summed E-state index contributed by atoms with van der Waals surface area (Å²) in [5.41, 5.74) is 0.574. The van der Waals surface area contributed by atoms with Crippen molar-refractivity contribution in [2.24, 2.45) is 0 Å². The van der Waals surface area contributed by atoms with Crippen LogP contribution in [0.4, 0.5) is 0 Å². The minimum Gasteiger partial charge on any atom is -0.396 e. The normalized spacial score (nSPS) is 10.4. The van der Waals surface area contributed by atoms with Crippen LogP contribution in [0.15, 0.2) is 12.3 Å². The Morgan fingerprint density at radius 1 is 1.62 bits per heavy atom. The maximum Gasteiger partial charge on any atom is 0.267 e. The average molecular weight is 245 g/mol. The molecular formula is C11H17ClN2O2.